The van der Waals surface area contributed by atoms with Gasteiger partial charge in [0.2, 0.25) is 10.0 Å². The van der Waals surface area contributed by atoms with E-state index in [-0.39, 0.29) is 9.92 Å². The second kappa shape index (κ2) is 6.66. The van der Waals surface area contributed by atoms with Crippen LogP contribution in [-0.4, -0.2) is 26.9 Å². The molecule has 0 unspecified atom stereocenters. The highest BCUT2D eigenvalue weighted by Gasteiger charge is 2.22. The fourth-order valence-corrected chi connectivity index (χ4v) is 4.85. The smallest absolute Gasteiger partial charge is 0.243 e. The SMILES string of the molecule is COc1ccc(S(=O)(=O)N(C)Cc2ccc(Br)s2)cc1Cl. The predicted octanol–water partition coefficient (Wildman–Crippen LogP) is 3.99. The first kappa shape index (κ1) is 16.8. The minimum Gasteiger partial charge on any atom is -0.495 e. The van der Waals surface area contributed by atoms with Crippen LogP contribution in [-0.2, 0) is 16.6 Å². The zero-order chi connectivity index (χ0) is 15.6. The van der Waals surface area contributed by atoms with Gasteiger partial charge in [-0.2, -0.15) is 4.31 Å². The highest BCUT2D eigenvalue weighted by atomic mass is 79.9. The Balaban J connectivity index is 2.26. The van der Waals surface area contributed by atoms with Gasteiger partial charge in [-0.1, -0.05) is 11.6 Å². The third-order valence-corrected chi connectivity index (χ3v) is 6.54. The normalized spacial score (nSPS) is 11.9. The van der Waals surface area contributed by atoms with Gasteiger partial charge < -0.3 is 4.74 Å². The van der Waals surface area contributed by atoms with Crippen LogP contribution in [0.15, 0.2) is 39.0 Å². The number of halogens is 2. The Hall–Kier alpha value is -0.600. The average Bonchev–Trinajstić information content (AvgIpc) is 2.83. The summed E-state index contributed by atoms with van der Waals surface area (Å²) in [6, 6.07) is 8.22. The molecule has 0 fully saturated rings. The van der Waals surface area contributed by atoms with Crippen molar-refractivity contribution in [2.24, 2.45) is 0 Å². The van der Waals surface area contributed by atoms with Crippen LogP contribution in [0.5, 0.6) is 5.75 Å². The first-order chi connectivity index (χ1) is 9.84. The maximum Gasteiger partial charge on any atom is 0.243 e. The second-order valence-corrected chi connectivity index (χ2v) is 9.26. The molecule has 0 radical (unpaired) electrons. The largest absolute Gasteiger partial charge is 0.495 e. The Morgan fingerprint density at radius 1 is 1.33 bits per heavy atom. The molecule has 21 heavy (non-hydrogen) atoms. The molecule has 0 bridgehead atoms. The van der Waals surface area contributed by atoms with Crippen LogP contribution in [0.2, 0.25) is 5.02 Å². The summed E-state index contributed by atoms with van der Waals surface area (Å²) in [5.41, 5.74) is 0. The molecule has 0 amide bonds. The number of rotatable bonds is 5. The molecule has 8 heteroatoms. The zero-order valence-corrected chi connectivity index (χ0v) is 15.3. The average molecular weight is 411 g/mol. The molecular weight excluding hydrogens is 398 g/mol. The number of hydrogen-bond acceptors (Lipinski definition) is 4. The molecule has 114 valence electrons. The molecule has 0 aliphatic rings. The summed E-state index contributed by atoms with van der Waals surface area (Å²) in [7, 11) is -0.566. The van der Waals surface area contributed by atoms with Gasteiger partial charge in [0.1, 0.15) is 5.75 Å². The lowest BCUT2D eigenvalue weighted by Gasteiger charge is -2.17. The Labute approximate surface area is 141 Å². The van der Waals surface area contributed by atoms with E-state index in [1.807, 2.05) is 12.1 Å². The van der Waals surface area contributed by atoms with Crippen molar-refractivity contribution in [1.29, 1.82) is 0 Å². The van der Waals surface area contributed by atoms with E-state index in [2.05, 4.69) is 15.9 Å². The first-order valence-corrected chi connectivity index (χ1v) is 9.31. The third kappa shape index (κ3) is 3.78. The fraction of sp³-hybridized carbons (Fsp3) is 0.231. The third-order valence-electron chi connectivity index (χ3n) is 2.84. The Bertz CT molecular complexity index is 746. The van der Waals surface area contributed by atoms with Crippen molar-refractivity contribution in [1.82, 2.24) is 4.31 Å². The number of hydrogen-bond donors (Lipinski definition) is 0. The Morgan fingerprint density at radius 3 is 2.57 bits per heavy atom. The first-order valence-electron chi connectivity index (χ1n) is 5.88. The van der Waals surface area contributed by atoms with Gasteiger partial charge in [0.05, 0.1) is 20.8 Å². The van der Waals surface area contributed by atoms with Crippen LogP contribution in [0.3, 0.4) is 0 Å². The minimum atomic E-state index is -3.59. The van der Waals surface area contributed by atoms with E-state index in [1.165, 1.54) is 34.9 Å². The summed E-state index contributed by atoms with van der Waals surface area (Å²) >= 11 is 10.9. The summed E-state index contributed by atoms with van der Waals surface area (Å²) in [4.78, 5) is 1.10. The van der Waals surface area contributed by atoms with Crippen molar-refractivity contribution < 1.29 is 13.2 Å². The molecule has 4 nitrogen and oxygen atoms in total. The lowest BCUT2D eigenvalue weighted by Crippen LogP contribution is -2.26. The maximum atomic E-state index is 12.5. The number of benzene rings is 1. The van der Waals surface area contributed by atoms with Gasteiger partial charge in [0, 0.05) is 18.5 Å². The summed E-state index contributed by atoms with van der Waals surface area (Å²) in [5, 5.41) is 0.269. The van der Waals surface area contributed by atoms with Crippen molar-refractivity contribution in [2.45, 2.75) is 11.4 Å². The molecule has 0 aliphatic heterocycles. The van der Waals surface area contributed by atoms with E-state index in [9.17, 15) is 8.42 Å². The molecule has 2 rings (SSSR count). The monoisotopic (exact) mass is 409 g/mol. The summed E-state index contributed by atoms with van der Waals surface area (Å²) < 4.78 is 32.3. The second-order valence-electron chi connectivity index (χ2n) is 4.26. The van der Waals surface area contributed by atoms with Gasteiger partial charge >= 0.3 is 0 Å². The number of methoxy groups -OCH3 is 1. The Morgan fingerprint density at radius 2 is 2.05 bits per heavy atom. The number of nitrogens with zero attached hydrogens (tertiary/aromatic N) is 1. The number of thiophene rings is 1. The van der Waals surface area contributed by atoms with Crippen molar-refractivity contribution in [3.8, 4) is 5.75 Å². The molecule has 0 aliphatic carbocycles. The van der Waals surface area contributed by atoms with Gasteiger partial charge in [-0.3, -0.25) is 0 Å². The van der Waals surface area contributed by atoms with Gasteiger partial charge in [-0.15, -0.1) is 11.3 Å². The molecule has 1 aromatic heterocycles. The Kier molecular flexibility index (Phi) is 5.32. The minimum absolute atomic E-state index is 0.145. The van der Waals surface area contributed by atoms with E-state index in [0.29, 0.717) is 12.3 Å². The van der Waals surface area contributed by atoms with Crippen LogP contribution in [0.4, 0.5) is 0 Å². The molecule has 1 heterocycles. The van der Waals surface area contributed by atoms with Gasteiger partial charge in [-0.25, -0.2) is 8.42 Å². The molecular formula is C13H13BrClNO3S2. The van der Waals surface area contributed by atoms with Gasteiger partial charge in [0.15, 0.2) is 0 Å². The molecule has 0 N–H and O–H groups in total. The van der Waals surface area contributed by atoms with E-state index >= 15 is 0 Å². The van der Waals surface area contributed by atoms with E-state index < -0.39 is 10.0 Å². The van der Waals surface area contributed by atoms with Gasteiger partial charge in [-0.05, 0) is 46.3 Å². The van der Waals surface area contributed by atoms with Crippen LogP contribution in [0, 0.1) is 0 Å². The molecule has 2 aromatic rings. The quantitative estimate of drug-likeness (QED) is 0.748. The predicted molar refractivity (Wildman–Crippen MR) is 88.7 cm³/mol. The lowest BCUT2D eigenvalue weighted by molar-refractivity contribution is 0.414. The van der Waals surface area contributed by atoms with Crippen molar-refractivity contribution in [3.05, 3.63) is 44.0 Å². The zero-order valence-electron chi connectivity index (χ0n) is 11.3. The van der Waals surface area contributed by atoms with Crippen molar-refractivity contribution in [2.75, 3.05) is 14.2 Å². The lowest BCUT2D eigenvalue weighted by atomic mass is 10.3. The van der Waals surface area contributed by atoms with E-state index in [1.54, 1.807) is 13.1 Å². The molecule has 0 spiro atoms. The number of ether oxygens (including phenoxy) is 1. The van der Waals surface area contributed by atoms with Crippen LogP contribution < -0.4 is 4.74 Å². The highest BCUT2D eigenvalue weighted by Crippen LogP contribution is 2.29. The van der Waals surface area contributed by atoms with Crippen molar-refractivity contribution >= 4 is 48.9 Å². The molecule has 1 aromatic carbocycles. The van der Waals surface area contributed by atoms with Crippen LogP contribution in [0.1, 0.15) is 4.88 Å². The molecule has 0 saturated heterocycles. The summed E-state index contributed by atoms with van der Waals surface area (Å²) in [6.07, 6.45) is 0. The van der Waals surface area contributed by atoms with E-state index in [0.717, 1.165) is 8.66 Å². The van der Waals surface area contributed by atoms with Crippen LogP contribution >= 0.6 is 38.9 Å². The summed E-state index contributed by atoms with van der Waals surface area (Å²) in [6.45, 7) is 0.308. The fourth-order valence-electron chi connectivity index (χ4n) is 1.73. The standard InChI is InChI=1S/C13H13BrClNO3S2/c1-16(8-9-3-6-13(14)20-9)21(17,18)10-4-5-12(19-2)11(15)7-10/h3-7H,8H2,1-2H3. The van der Waals surface area contributed by atoms with E-state index in [4.69, 9.17) is 16.3 Å². The number of sulfonamides is 1. The summed E-state index contributed by atoms with van der Waals surface area (Å²) in [5.74, 6) is 0.445. The molecule has 0 atom stereocenters. The van der Waals surface area contributed by atoms with Crippen molar-refractivity contribution in [3.63, 3.8) is 0 Å². The topological polar surface area (TPSA) is 46.6 Å². The van der Waals surface area contributed by atoms with Gasteiger partial charge in [0.25, 0.3) is 0 Å². The molecule has 0 saturated carbocycles. The maximum absolute atomic E-state index is 12.5. The van der Waals surface area contributed by atoms with Crippen LogP contribution in [0.25, 0.3) is 0 Å². The highest BCUT2D eigenvalue weighted by molar-refractivity contribution is 9.11.